The molecular weight excluding hydrogens is 398 g/mol. The lowest BCUT2D eigenvalue weighted by atomic mass is 9.85. The van der Waals surface area contributed by atoms with E-state index in [1.807, 2.05) is 0 Å². The van der Waals surface area contributed by atoms with Crippen LogP contribution in [0.15, 0.2) is 60.7 Å². The predicted octanol–water partition coefficient (Wildman–Crippen LogP) is 2.77. The van der Waals surface area contributed by atoms with Crippen LogP contribution in [0.5, 0.6) is 0 Å². The van der Waals surface area contributed by atoms with E-state index in [2.05, 4.69) is 0 Å². The first-order valence-electron chi connectivity index (χ1n) is 8.62. The normalized spacial score (nSPS) is 20.5. The van der Waals surface area contributed by atoms with Crippen molar-refractivity contribution in [3.8, 4) is 0 Å². The molecule has 2 aromatic carbocycles. The second kappa shape index (κ2) is 7.99. The fourth-order valence-corrected chi connectivity index (χ4v) is 3.42. The molecule has 0 spiro atoms. The fraction of sp³-hybridized carbons (Fsp3) is 0.158. The highest BCUT2D eigenvalue weighted by atomic mass is 16.6. The second-order valence-corrected chi connectivity index (χ2v) is 6.51. The molecule has 0 radical (unpaired) electrons. The van der Waals surface area contributed by atoms with Gasteiger partial charge in [-0.15, -0.1) is 0 Å². The van der Waals surface area contributed by atoms with Crippen LogP contribution in [0.4, 0.5) is 17.1 Å². The molecule has 0 bridgehead atoms. The minimum atomic E-state index is -1.25. The van der Waals surface area contributed by atoms with Crippen LogP contribution in [0, 0.1) is 26.1 Å². The van der Waals surface area contributed by atoms with Crippen LogP contribution in [0.25, 0.3) is 0 Å². The maximum atomic E-state index is 11.9. The molecule has 0 aliphatic carbocycles. The third-order valence-corrected chi connectivity index (χ3v) is 4.78. The van der Waals surface area contributed by atoms with Gasteiger partial charge in [-0.05, 0) is 17.7 Å². The van der Waals surface area contributed by atoms with Crippen LogP contribution in [-0.4, -0.2) is 38.0 Å². The van der Waals surface area contributed by atoms with Crippen molar-refractivity contribution in [1.29, 1.82) is 0 Å². The maximum Gasteiger partial charge on any atom is 0.330 e. The molecule has 1 heterocycles. The summed E-state index contributed by atoms with van der Waals surface area (Å²) in [6.07, 6.45) is 2.51. The van der Waals surface area contributed by atoms with Gasteiger partial charge in [-0.25, -0.2) is 4.79 Å². The van der Waals surface area contributed by atoms with Crippen molar-refractivity contribution in [2.45, 2.75) is 12.1 Å². The lowest BCUT2D eigenvalue weighted by Gasteiger charge is -2.42. The highest BCUT2D eigenvalue weighted by Gasteiger charge is 2.41. The van der Waals surface area contributed by atoms with E-state index >= 15 is 0 Å². The van der Waals surface area contributed by atoms with E-state index in [4.69, 9.17) is 0 Å². The number of benzene rings is 2. The number of non-ortho nitro benzene ring substituents is 2. The first kappa shape index (κ1) is 20.5. The Morgan fingerprint density at radius 3 is 1.73 bits per heavy atom. The Kier molecular flexibility index (Phi) is 5.45. The molecular formula is C19H15N3O8. The average molecular weight is 413 g/mol. The third-order valence-electron chi connectivity index (χ3n) is 4.78. The standard InChI is InChI=1S/C19H15N3O8/c23-18(24)15-9-10-16(19(25)26)20(12-5-7-14(8-6-12)22(29)30)17(15)11-1-3-13(4-2-11)21(27)28/h1-10,15-17H,(H,23,24)(H,25,26). The summed E-state index contributed by atoms with van der Waals surface area (Å²) in [4.78, 5) is 45.7. The molecule has 11 heteroatoms. The summed E-state index contributed by atoms with van der Waals surface area (Å²) >= 11 is 0. The maximum absolute atomic E-state index is 11.9. The quantitative estimate of drug-likeness (QED) is 0.411. The van der Waals surface area contributed by atoms with Gasteiger partial charge in [0.15, 0.2) is 0 Å². The Labute approximate surface area is 168 Å². The number of nitro groups is 2. The van der Waals surface area contributed by atoms with Gasteiger partial charge in [0.1, 0.15) is 6.04 Å². The van der Waals surface area contributed by atoms with Crippen molar-refractivity contribution in [1.82, 2.24) is 0 Å². The van der Waals surface area contributed by atoms with Gasteiger partial charge in [0.2, 0.25) is 0 Å². The Hall–Kier alpha value is -4.28. The number of nitrogens with zero attached hydrogens (tertiary/aromatic N) is 3. The molecule has 30 heavy (non-hydrogen) atoms. The molecule has 0 amide bonds. The van der Waals surface area contributed by atoms with Gasteiger partial charge in [-0.2, -0.15) is 0 Å². The van der Waals surface area contributed by atoms with Crippen molar-refractivity contribution in [2.75, 3.05) is 4.90 Å². The number of nitro benzene ring substituents is 2. The van der Waals surface area contributed by atoms with E-state index in [-0.39, 0.29) is 17.1 Å². The summed E-state index contributed by atoms with van der Waals surface area (Å²) in [5, 5.41) is 41.2. The first-order valence-corrected chi connectivity index (χ1v) is 8.62. The molecule has 1 aliphatic heterocycles. The van der Waals surface area contributed by atoms with Crippen molar-refractivity contribution in [3.63, 3.8) is 0 Å². The van der Waals surface area contributed by atoms with Gasteiger partial charge < -0.3 is 15.1 Å². The van der Waals surface area contributed by atoms with Crippen LogP contribution in [0.1, 0.15) is 11.6 Å². The number of rotatable bonds is 6. The Morgan fingerprint density at radius 1 is 0.800 bits per heavy atom. The Balaban J connectivity index is 2.16. The zero-order valence-electron chi connectivity index (χ0n) is 15.2. The Morgan fingerprint density at radius 2 is 1.30 bits per heavy atom. The topological polar surface area (TPSA) is 164 Å². The van der Waals surface area contributed by atoms with Gasteiger partial charge in [-0.3, -0.25) is 25.0 Å². The van der Waals surface area contributed by atoms with Gasteiger partial charge in [0.25, 0.3) is 11.4 Å². The van der Waals surface area contributed by atoms with Crippen molar-refractivity contribution in [2.24, 2.45) is 5.92 Å². The molecule has 154 valence electrons. The molecule has 0 aromatic heterocycles. The number of carboxylic acids is 2. The summed E-state index contributed by atoms with van der Waals surface area (Å²) in [6.45, 7) is 0. The highest BCUT2D eigenvalue weighted by Crippen LogP contribution is 2.40. The SMILES string of the molecule is O=C(O)C1C=CC(C(=O)O)N(c2ccc([N+](=O)[O-])cc2)C1c1ccc([N+](=O)[O-])cc1. The largest absolute Gasteiger partial charge is 0.481 e. The van der Waals surface area contributed by atoms with Crippen LogP contribution in [0.2, 0.25) is 0 Å². The van der Waals surface area contributed by atoms with Crippen LogP contribution < -0.4 is 4.90 Å². The molecule has 0 saturated carbocycles. The van der Waals surface area contributed by atoms with Gasteiger partial charge in [0, 0.05) is 30.0 Å². The van der Waals surface area contributed by atoms with Gasteiger partial charge >= 0.3 is 11.9 Å². The predicted molar refractivity (Wildman–Crippen MR) is 103 cm³/mol. The zero-order valence-corrected chi connectivity index (χ0v) is 15.2. The third kappa shape index (κ3) is 3.81. The summed E-state index contributed by atoms with van der Waals surface area (Å²) in [6, 6.07) is 7.94. The van der Waals surface area contributed by atoms with E-state index in [1.165, 1.54) is 65.6 Å². The summed E-state index contributed by atoms with van der Waals surface area (Å²) < 4.78 is 0. The first-order chi connectivity index (χ1) is 14.2. The number of anilines is 1. The zero-order chi connectivity index (χ0) is 22.0. The van der Waals surface area contributed by atoms with E-state index in [1.54, 1.807) is 0 Å². The smallest absolute Gasteiger partial charge is 0.330 e. The fourth-order valence-electron chi connectivity index (χ4n) is 3.42. The van der Waals surface area contributed by atoms with Crippen LogP contribution >= 0.6 is 0 Å². The van der Waals surface area contributed by atoms with Crippen LogP contribution in [0.3, 0.4) is 0 Å². The number of carboxylic acid groups (broad SMARTS) is 2. The van der Waals surface area contributed by atoms with Gasteiger partial charge in [-0.1, -0.05) is 24.3 Å². The average Bonchev–Trinajstić information content (AvgIpc) is 2.72. The molecule has 2 aromatic rings. The number of aliphatic carboxylic acids is 2. The lowest BCUT2D eigenvalue weighted by molar-refractivity contribution is -0.385. The highest BCUT2D eigenvalue weighted by molar-refractivity contribution is 5.84. The number of hydrogen-bond acceptors (Lipinski definition) is 7. The summed E-state index contributed by atoms with van der Waals surface area (Å²) in [5.74, 6) is -3.62. The van der Waals surface area contributed by atoms with E-state index in [0.29, 0.717) is 5.56 Å². The molecule has 0 saturated heterocycles. The van der Waals surface area contributed by atoms with E-state index < -0.39 is 39.8 Å². The van der Waals surface area contributed by atoms with Crippen LogP contribution in [-0.2, 0) is 9.59 Å². The monoisotopic (exact) mass is 413 g/mol. The van der Waals surface area contributed by atoms with E-state index in [9.17, 15) is 40.0 Å². The minimum Gasteiger partial charge on any atom is -0.481 e. The lowest BCUT2D eigenvalue weighted by Crippen LogP contribution is -2.49. The summed E-state index contributed by atoms with van der Waals surface area (Å²) in [5.41, 5.74) is 0.197. The minimum absolute atomic E-state index is 0.200. The number of hydrogen-bond donors (Lipinski definition) is 2. The Bertz CT molecular complexity index is 949. The molecule has 3 rings (SSSR count). The molecule has 0 fully saturated rings. The van der Waals surface area contributed by atoms with Gasteiger partial charge in [0.05, 0.1) is 21.8 Å². The van der Waals surface area contributed by atoms with Crippen molar-refractivity contribution < 1.29 is 29.6 Å². The molecule has 3 atom stereocenters. The number of carbonyl (C=O) groups is 2. The van der Waals surface area contributed by atoms with Crippen molar-refractivity contribution >= 4 is 29.0 Å². The molecule has 11 nitrogen and oxygen atoms in total. The second-order valence-electron chi connectivity index (χ2n) is 6.51. The molecule has 3 unspecified atom stereocenters. The molecule has 1 aliphatic rings. The van der Waals surface area contributed by atoms with Crippen molar-refractivity contribution in [3.05, 3.63) is 86.5 Å². The van der Waals surface area contributed by atoms with E-state index in [0.717, 1.165) is 0 Å². The summed E-state index contributed by atoms with van der Waals surface area (Å²) in [7, 11) is 0. The molecule has 2 N–H and O–H groups in total.